The molecule has 3 heterocycles. The van der Waals surface area contributed by atoms with Crippen molar-refractivity contribution in [1.29, 1.82) is 0 Å². The predicted molar refractivity (Wildman–Crippen MR) is 92.7 cm³/mol. The van der Waals surface area contributed by atoms with E-state index < -0.39 is 0 Å². The van der Waals surface area contributed by atoms with E-state index in [2.05, 4.69) is 26.4 Å². The Hall–Kier alpha value is -2.61. The topological polar surface area (TPSA) is 66.8 Å². The predicted octanol–water partition coefficient (Wildman–Crippen LogP) is 2.09. The van der Waals surface area contributed by atoms with E-state index in [0.717, 1.165) is 23.5 Å². The van der Waals surface area contributed by atoms with E-state index >= 15 is 0 Å². The number of aromatic nitrogens is 3. The van der Waals surface area contributed by atoms with Crippen molar-refractivity contribution in [1.82, 2.24) is 30.9 Å². The summed E-state index contributed by atoms with van der Waals surface area (Å²) in [6, 6.07) is 9.63. The van der Waals surface area contributed by atoms with Gasteiger partial charge in [0.1, 0.15) is 11.5 Å². The van der Waals surface area contributed by atoms with Crippen molar-refractivity contribution in [3.8, 4) is 11.4 Å². The number of pyridine rings is 1. The molecule has 0 saturated carbocycles. The molecule has 25 heavy (non-hydrogen) atoms. The van der Waals surface area contributed by atoms with E-state index in [1.165, 1.54) is 0 Å². The first-order valence-corrected chi connectivity index (χ1v) is 8.16. The lowest BCUT2D eigenvalue weighted by Gasteiger charge is -2.09. The first-order chi connectivity index (χ1) is 12.2. The molecule has 1 aliphatic rings. The minimum Gasteiger partial charge on any atom is -0.332 e. The molecule has 0 bridgehead atoms. The van der Waals surface area contributed by atoms with E-state index in [-0.39, 0.29) is 11.9 Å². The minimum atomic E-state index is -0.162. The zero-order valence-electron chi connectivity index (χ0n) is 13.8. The molecule has 0 amide bonds. The van der Waals surface area contributed by atoms with Gasteiger partial charge in [0, 0.05) is 24.5 Å². The zero-order chi connectivity index (χ0) is 17.2. The maximum Gasteiger partial charge on any atom is 0.131 e. The van der Waals surface area contributed by atoms with Gasteiger partial charge in [-0.15, -0.1) is 0 Å². The lowest BCUT2D eigenvalue weighted by molar-refractivity contribution is 0.555. The molecule has 0 radical (unpaired) electrons. The summed E-state index contributed by atoms with van der Waals surface area (Å²) in [5.41, 5.74) is 13.1. The van der Waals surface area contributed by atoms with Gasteiger partial charge in [-0.3, -0.25) is 4.98 Å². The largest absolute Gasteiger partial charge is 0.332 e. The number of halogens is 1. The van der Waals surface area contributed by atoms with E-state index in [0.29, 0.717) is 17.7 Å². The Balaban J connectivity index is 1.57. The highest BCUT2D eigenvalue weighted by Crippen LogP contribution is 2.21. The highest BCUT2D eigenvalue weighted by Gasteiger charge is 2.17. The summed E-state index contributed by atoms with van der Waals surface area (Å²) in [5.74, 6) is -0.162. The maximum atomic E-state index is 14.2. The molecule has 2 aromatic heterocycles. The van der Waals surface area contributed by atoms with Crippen LogP contribution in [0.1, 0.15) is 22.7 Å². The lowest BCUT2D eigenvalue weighted by Crippen LogP contribution is -2.30. The van der Waals surface area contributed by atoms with Crippen molar-refractivity contribution in [2.45, 2.75) is 19.5 Å². The number of hydrazine groups is 2. The van der Waals surface area contributed by atoms with Crippen molar-refractivity contribution in [2.24, 2.45) is 0 Å². The highest BCUT2D eigenvalue weighted by molar-refractivity contribution is 5.54. The number of nitrogens with zero attached hydrogens (tertiary/aromatic N) is 3. The van der Waals surface area contributed by atoms with Gasteiger partial charge in [-0.05, 0) is 30.2 Å². The summed E-state index contributed by atoms with van der Waals surface area (Å²) >= 11 is 0. The van der Waals surface area contributed by atoms with Crippen LogP contribution in [-0.2, 0) is 6.54 Å². The Morgan fingerprint density at radius 2 is 2.16 bits per heavy atom. The fourth-order valence-electron chi connectivity index (χ4n) is 2.95. The Morgan fingerprint density at radius 1 is 1.24 bits per heavy atom. The number of aryl methyl sites for hydroxylation is 1. The number of benzene rings is 1. The van der Waals surface area contributed by atoms with Gasteiger partial charge in [-0.1, -0.05) is 18.2 Å². The molecule has 1 fully saturated rings. The molecule has 1 aromatic carbocycles. The molecule has 7 heteroatoms. The van der Waals surface area contributed by atoms with Gasteiger partial charge in [-0.2, -0.15) is 5.53 Å². The summed E-state index contributed by atoms with van der Waals surface area (Å²) < 4.78 is 16.1. The van der Waals surface area contributed by atoms with Gasteiger partial charge in [0.15, 0.2) is 0 Å². The Kier molecular flexibility index (Phi) is 4.27. The molecule has 128 valence electrons. The van der Waals surface area contributed by atoms with Crippen molar-refractivity contribution in [2.75, 3.05) is 6.54 Å². The highest BCUT2D eigenvalue weighted by atomic mass is 19.1. The first-order valence-electron chi connectivity index (χ1n) is 8.16. The van der Waals surface area contributed by atoms with Gasteiger partial charge in [0.25, 0.3) is 0 Å². The molecule has 3 aromatic rings. The fraction of sp³-hybridized carbons (Fsp3) is 0.222. The molecule has 1 unspecified atom stereocenters. The number of rotatable bonds is 4. The molecule has 1 aliphatic heterocycles. The third kappa shape index (κ3) is 3.30. The maximum absolute atomic E-state index is 14.2. The van der Waals surface area contributed by atoms with Crippen LogP contribution in [0, 0.1) is 12.7 Å². The summed E-state index contributed by atoms with van der Waals surface area (Å²) in [6.45, 7) is 3.01. The third-order valence-electron chi connectivity index (χ3n) is 4.35. The van der Waals surface area contributed by atoms with Crippen LogP contribution in [0.5, 0.6) is 0 Å². The van der Waals surface area contributed by atoms with E-state index in [4.69, 9.17) is 0 Å². The van der Waals surface area contributed by atoms with Gasteiger partial charge in [0.2, 0.25) is 0 Å². The first kappa shape index (κ1) is 15.9. The smallest absolute Gasteiger partial charge is 0.131 e. The standard InChI is InChI=1S/C18H19FN6/c1-12-3-2-4-14(18(12)19)9-25-10-17(21-11-25)15-7-13(5-6-20-15)16-8-22-24-23-16/h2-7,10-11,16,22-24H,8-9H2,1H3. The number of nitrogens with one attached hydrogen (secondary N) is 3. The fourth-order valence-corrected chi connectivity index (χ4v) is 2.95. The minimum absolute atomic E-state index is 0.162. The van der Waals surface area contributed by atoms with Crippen LogP contribution in [0.15, 0.2) is 49.1 Å². The van der Waals surface area contributed by atoms with Crippen LogP contribution < -0.4 is 16.4 Å². The van der Waals surface area contributed by atoms with Gasteiger partial charge >= 0.3 is 0 Å². The molecule has 4 rings (SSSR count). The van der Waals surface area contributed by atoms with E-state index in [1.54, 1.807) is 31.6 Å². The van der Waals surface area contributed by atoms with Crippen LogP contribution in [0.4, 0.5) is 4.39 Å². The lowest BCUT2D eigenvalue weighted by atomic mass is 10.1. The number of imidazole rings is 1. The number of hydrogen-bond donors (Lipinski definition) is 3. The SMILES string of the molecule is Cc1cccc(Cn2cnc(-c3cc(C4CNNN4)ccn3)c2)c1F. The van der Waals surface area contributed by atoms with Crippen molar-refractivity contribution < 1.29 is 4.39 Å². The molecule has 6 nitrogen and oxygen atoms in total. The third-order valence-corrected chi connectivity index (χ3v) is 4.35. The normalized spacial score (nSPS) is 17.1. The second-order valence-electron chi connectivity index (χ2n) is 6.16. The van der Waals surface area contributed by atoms with Gasteiger partial charge in [0.05, 0.1) is 24.6 Å². The summed E-state index contributed by atoms with van der Waals surface area (Å²) in [5, 5.41) is 0. The summed E-state index contributed by atoms with van der Waals surface area (Å²) in [6.07, 6.45) is 5.39. The van der Waals surface area contributed by atoms with Crippen LogP contribution in [0.25, 0.3) is 11.4 Å². The molecule has 1 atom stereocenters. The van der Waals surface area contributed by atoms with Crippen LogP contribution in [-0.4, -0.2) is 21.1 Å². The van der Waals surface area contributed by atoms with Crippen LogP contribution >= 0.6 is 0 Å². The summed E-state index contributed by atoms with van der Waals surface area (Å²) in [4.78, 5) is 8.84. The molecule has 0 aliphatic carbocycles. The molecule has 3 N–H and O–H groups in total. The molecular weight excluding hydrogens is 319 g/mol. The van der Waals surface area contributed by atoms with Crippen molar-refractivity contribution in [3.63, 3.8) is 0 Å². The molecule has 1 saturated heterocycles. The van der Waals surface area contributed by atoms with E-state index in [9.17, 15) is 4.39 Å². The van der Waals surface area contributed by atoms with Gasteiger partial charge in [-0.25, -0.2) is 20.2 Å². The van der Waals surface area contributed by atoms with Crippen molar-refractivity contribution in [3.05, 3.63) is 71.6 Å². The van der Waals surface area contributed by atoms with E-state index in [1.807, 2.05) is 29.0 Å². The zero-order valence-corrected chi connectivity index (χ0v) is 13.8. The Labute approximate surface area is 145 Å². The van der Waals surface area contributed by atoms with Gasteiger partial charge < -0.3 is 4.57 Å². The molecule has 0 spiro atoms. The second-order valence-corrected chi connectivity index (χ2v) is 6.16. The average molecular weight is 338 g/mol. The van der Waals surface area contributed by atoms with Crippen molar-refractivity contribution >= 4 is 0 Å². The Morgan fingerprint density at radius 3 is 3.00 bits per heavy atom. The van der Waals surface area contributed by atoms with Crippen LogP contribution in [0.3, 0.4) is 0 Å². The Bertz CT molecular complexity index is 885. The average Bonchev–Trinajstić information content (AvgIpc) is 3.31. The monoisotopic (exact) mass is 338 g/mol. The summed E-state index contributed by atoms with van der Waals surface area (Å²) in [7, 11) is 0. The number of hydrogen-bond acceptors (Lipinski definition) is 5. The van der Waals surface area contributed by atoms with Crippen LogP contribution in [0.2, 0.25) is 0 Å². The quantitative estimate of drug-likeness (QED) is 0.680. The second kappa shape index (κ2) is 6.72. The molecular formula is C18H19FN6.